The van der Waals surface area contributed by atoms with Gasteiger partial charge in [-0.1, -0.05) is 55.4 Å². The fraction of sp³-hybridized carbons (Fsp3) is 0.889. The van der Waals surface area contributed by atoms with Crippen LogP contribution < -0.4 is 0 Å². The van der Waals surface area contributed by atoms with E-state index in [0.29, 0.717) is 0 Å². The third kappa shape index (κ3) is 498. The molecule has 141 valence electrons. The minimum Gasteiger partial charge on any atom is -0.673 e. The molecule has 2 atom stereocenters. The quantitative estimate of drug-likeness (QED) is 0.475. The fourth-order valence-electron chi connectivity index (χ4n) is 0. The van der Waals surface area contributed by atoms with Gasteiger partial charge in [0, 0.05) is 0 Å². The van der Waals surface area contributed by atoms with Crippen LogP contribution in [0.15, 0.2) is 6.58 Å². The first-order chi connectivity index (χ1) is 9.54. The Morgan fingerprint density at radius 3 is 0.826 bits per heavy atom. The van der Waals surface area contributed by atoms with E-state index in [1.54, 1.807) is 13.8 Å². The van der Waals surface area contributed by atoms with Crippen LogP contribution in [0, 0.1) is 6.58 Å². The number of nitrogens with one attached hydrogen (secondary N) is 2. The summed E-state index contributed by atoms with van der Waals surface area (Å²) >= 11 is 0. The van der Waals surface area contributed by atoms with Crippen LogP contribution in [-0.4, -0.2) is 33.5 Å². The van der Waals surface area contributed by atoms with E-state index in [-0.39, 0.29) is 45.0 Å². The second-order valence-corrected chi connectivity index (χ2v) is 7.01. The van der Waals surface area contributed by atoms with Crippen molar-refractivity contribution < 1.29 is 31.9 Å². The first kappa shape index (κ1) is 38.7. The SMILES string of the molecule is CC(C)(C)[NH-].CC(C)(C)[NH-].CCC(C)O.CCC(C)O.[CH-]=C.[Ti+3]. The van der Waals surface area contributed by atoms with Crippen molar-refractivity contribution in [1.82, 2.24) is 0 Å². The van der Waals surface area contributed by atoms with Gasteiger partial charge in [-0.05, 0) is 26.7 Å². The van der Waals surface area contributed by atoms with Crippen LogP contribution in [-0.2, 0) is 21.7 Å². The maximum Gasteiger partial charge on any atom is 3.00 e. The monoisotopic (exact) mass is 367 g/mol. The second-order valence-electron chi connectivity index (χ2n) is 7.01. The molecule has 0 rings (SSSR count). The summed E-state index contributed by atoms with van der Waals surface area (Å²) in [6.45, 7) is 25.6. The molecule has 0 amide bonds. The van der Waals surface area contributed by atoms with Crippen LogP contribution in [0.1, 0.15) is 82.1 Å². The largest absolute Gasteiger partial charge is 3.00 e. The van der Waals surface area contributed by atoms with E-state index in [2.05, 4.69) is 13.2 Å². The third-order valence-electron chi connectivity index (χ3n) is 1.18. The topological polar surface area (TPSA) is 88.1 Å². The average Bonchev–Trinajstić information content (AvgIpc) is 2.28. The zero-order chi connectivity index (χ0) is 19.6. The van der Waals surface area contributed by atoms with Crippen LogP contribution in [0.4, 0.5) is 0 Å². The van der Waals surface area contributed by atoms with Crippen molar-refractivity contribution in [2.24, 2.45) is 0 Å². The summed E-state index contributed by atoms with van der Waals surface area (Å²) in [5.74, 6) is 0. The Morgan fingerprint density at radius 1 is 0.783 bits per heavy atom. The van der Waals surface area contributed by atoms with Gasteiger partial charge in [0.2, 0.25) is 0 Å². The maximum absolute atomic E-state index is 8.36. The normalized spacial score (nSPS) is 11.9. The number of aliphatic hydroxyl groups excluding tert-OH is 2. The standard InChI is InChI=1S/2C4H10N.2C4H10O.C2H3.Ti/c2*1-4(2,3)5;2*1-3-4(2)5;1-2;/h2*5H,1-3H3;2*4-5H,3H2,1-2H3;1H,2H2;/q2*-1;;;-1;+3. The fourth-order valence-corrected chi connectivity index (χ4v) is 0. The van der Waals surface area contributed by atoms with Gasteiger partial charge in [0.25, 0.3) is 0 Å². The van der Waals surface area contributed by atoms with Crippen LogP contribution in [0.5, 0.6) is 0 Å². The molecule has 0 aliphatic carbocycles. The molecule has 2 unspecified atom stereocenters. The Hall–Kier alpha value is 0.294. The van der Waals surface area contributed by atoms with E-state index in [4.69, 9.17) is 21.7 Å². The maximum atomic E-state index is 8.36. The summed E-state index contributed by atoms with van der Waals surface area (Å²) in [7, 11) is 0. The summed E-state index contributed by atoms with van der Waals surface area (Å²) < 4.78 is 0. The van der Waals surface area contributed by atoms with Gasteiger partial charge in [-0.15, -0.1) is 11.1 Å². The molecule has 0 aromatic heterocycles. The minimum atomic E-state index is -0.250. The molecule has 1 radical (unpaired) electrons. The van der Waals surface area contributed by atoms with E-state index in [9.17, 15) is 0 Å². The van der Waals surface area contributed by atoms with Crippen molar-refractivity contribution in [3.05, 3.63) is 24.6 Å². The molecule has 0 bridgehead atoms. The van der Waals surface area contributed by atoms with Crippen molar-refractivity contribution in [1.29, 1.82) is 0 Å². The molecule has 0 fully saturated rings. The van der Waals surface area contributed by atoms with Gasteiger partial charge in [-0.25, -0.2) is 0 Å². The Kier molecular flexibility index (Phi) is 41.3. The number of aliphatic hydroxyl groups is 2. The summed E-state index contributed by atoms with van der Waals surface area (Å²) in [5.41, 5.74) is 13.4. The van der Waals surface area contributed by atoms with Gasteiger partial charge in [-0.3, -0.25) is 6.58 Å². The molecule has 0 spiro atoms. The number of rotatable bonds is 2. The van der Waals surface area contributed by atoms with Crippen molar-refractivity contribution in [3.8, 4) is 0 Å². The number of hydrogen-bond donors (Lipinski definition) is 2. The van der Waals surface area contributed by atoms with Crippen molar-refractivity contribution >= 4 is 0 Å². The summed E-state index contributed by atoms with van der Waals surface area (Å²) in [6, 6.07) is 0. The summed E-state index contributed by atoms with van der Waals surface area (Å²) in [4.78, 5) is 0. The van der Waals surface area contributed by atoms with Gasteiger partial charge >= 0.3 is 21.7 Å². The molecule has 0 saturated heterocycles. The van der Waals surface area contributed by atoms with Gasteiger partial charge in [-0.2, -0.15) is 0 Å². The van der Waals surface area contributed by atoms with Gasteiger partial charge < -0.3 is 28.3 Å². The van der Waals surface area contributed by atoms with Gasteiger partial charge in [0.1, 0.15) is 0 Å². The van der Waals surface area contributed by atoms with Crippen LogP contribution in [0.3, 0.4) is 0 Å². The van der Waals surface area contributed by atoms with Crippen LogP contribution >= 0.6 is 0 Å². The molecule has 0 aliphatic heterocycles. The van der Waals surface area contributed by atoms with Crippen molar-refractivity contribution in [3.63, 3.8) is 0 Å². The predicted molar refractivity (Wildman–Crippen MR) is 102 cm³/mol. The van der Waals surface area contributed by atoms with E-state index in [1.165, 1.54) is 0 Å². The first-order valence-electron chi connectivity index (χ1n) is 7.81. The molecule has 4 N–H and O–H groups in total. The number of hydrogen-bond acceptors (Lipinski definition) is 2. The van der Waals surface area contributed by atoms with Gasteiger partial charge in [0.05, 0.1) is 12.2 Å². The molecule has 0 heterocycles. The van der Waals surface area contributed by atoms with Crippen molar-refractivity contribution in [2.45, 2.75) is 105 Å². The third-order valence-corrected chi connectivity index (χ3v) is 1.18. The molecule has 0 aromatic rings. The summed E-state index contributed by atoms with van der Waals surface area (Å²) in [6.07, 6.45) is 1.49. The molecule has 0 saturated carbocycles. The molecule has 0 aromatic carbocycles. The Labute approximate surface area is 162 Å². The molecular weight excluding hydrogens is 324 g/mol. The minimum absolute atomic E-state index is 0. The predicted octanol–water partition coefficient (Wildman–Crippen LogP) is 5.83. The van der Waals surface area contributed by atoms with Gasteiger partial charge in [0.15, 0.2) is 0 Å². The second kappa shape index (κ2) is 24.5. The van der Waals surface area contributed by atoms with E-state index in [0.717, 1.165) is 12.8 Å². The molecule has 4 nitrogen and oxygen atoms in total. The molecule has 0 aliphatic rings. The average molecular weight is 367 g/mol. The van der Waals surface area contributed by atoms with Crippen molar-refractivity contribution in [2.75, 3.05) is 0 Å². The Balaban J connectivity index is -0.0000000398. The Morgan fingerprint density at radius 2 is 0.826 bits per heavy atom. The molecule has 23 heavy (non-hydrogen) atoms. The smallest absolute Gasteiger partial charge is 0.673 e. The molecular formula is C18H43N2O2Ti. The van der Waals surface area contributed by atoms with Crippen LogP contribution in [0.2, 0.25) is 0 Å². The van der Waals surface area contributed by atoms with E-state index < -0.39 is 0 Å². The zero-order valence-corrected chi connectivity index (χ0v) is 18.8. The van der Waals surface area contributed by atoms with E-state index in [1.807, 2.05) is 55.4 Å². The van der Waals surface area contributed by atoms with E-state index >= 15 is 0 Å². The summed E-state index contributed by atoms with van der Waals surface area (Å²) in [5, 5.41) is 16.7. The first-order valence-corrected chi connectivity index (χ1v) is 7.81. The Bertz CT molecular complexity index is 154. The van der Waals surface area contributed by atoms with Crippen LogP contribution in [0.25, 0.3) is 11.5 Å². The molecule has 5 heteroatoms. The zero-order valence-electron chi connectivity index (χ0n) is 17.2.